The molecule has 1 unspecified atom stereocenters. The standard InChI is InChI=1S/C22H31NO3/c1-14-17(24)7-10-22(4)9-6-15-16(20(25)26-19(15)18(14)22)12-23-11-5-8-21(2,3)13-23/h7,10,15-16,19H,5-6,8-9,11-13H2,1-4H3/p+1/t15-,16+,19-,22+/m0/s1. The van der Waals surface area contributed by atoms with Crippen LogP contribution in [0.5, 0.6) is 0 Å². The molecule has 4 rings (SSSR count). The third-order valence-electron chi connectivity index (χ3n) is 7.35. The number of carbonyl (C=O) groups excluding carboxylic acids is 2. The Morgan fingerprint density at radius 2 is 2.00 bits per heavy atom. The van der Waals surface area contributed by atoms with Gasteiger partial charge in [0.1, 0.15) is 12.0 Å². The SMILES string of the molecule is CC1=C2[C@H]3OC(=O)[C@H](C[NH+]4CCCC(C)(C)C4)[C@@H]3CC[C@]2(C)C=CC1=O. The van der Waals surface area contributed by atoms with Gasteiger partial charge in [-0.15, -0.1) is 0 Å². The molecule has 4 heteroatoms. The second-order valence-electron chi connectivity index (χ2n) is 9.97. The maximum atomic E-state index is 12.8. The predicted octanol–water partition coefficient (Wildman–Crippen LogP) is 2.10. The number of carbonyl (C=O) groups is 2. The topological polar surface area (TPSA) is 47.8 Å². The van der Waals surface area contributed by atoms with E-state index < -0.39 is 0 Å². The number of esters is 1. The fourth-order valence-corrected chi connectivity index (χ4v) is 5.96. The molecule has 0 aromatic rings. The molecule has 4 aliphatic rings. The Balaban J connectivity index is 1.57. The van der Waals surface area contributed by atoms with Gasteiger partial charge in [-0.1, -0.05) is 26.8 Å². The molecular weight excluding hydrogens is 326 g/mol. The van der Waals surface area contributed by atoms with Gasteiger partial charge in [0.05, 0.1) is 19.6 Å². The summed E-state index contributed by atoms with van der Waals surface area (Å²) in [4.78, 5) is 26.6. The molecule has 2 heterocycles. The zero-order valence-corrected chi connectivity index (χ0v) is 16.6. The number of piperidine rings is 1. The second kappa shape index (κ2) is 6.05. The smallest absolute Gasteiger partial charge is 0.315 e. The van der Waals surface area contributed by atoms with Gasteiger partial charge in [-0.05, 0) is 44.3 Å². The van der Waals surface area contributed by atoms with Gasteiger partial charge in [-0.25, -0.2) is 0 Å². The highest BCUT2D eigenvalue weighted by molar-refractivity contribution is 6.05. The highest BCUT2D eigenvalue weighted by Gasteiger charge is 2.55. The molecule has 0 spiro atoms. The molecule has 5 atom stereocenters. The molecular formula is C22H32NO3+. The van der Waals surface area contributed by atoms with Gasteiger partial charge in [0.25, 0.3) is 0 Å². The number of rotatable bonds is 2. The Morgan fingerprint density at radius 3 is 2.73 bits per heavy atom. The van der Waals surface area contributed by atoms with Gasteiger partial charge in [-0.3, -0.25) is 9.59 Å². The molecule has 0 bridgehead atoms. The summed E-state index contributed by atoms with van der Waals surface area (Å²) in [6.45, 7) is 11.9. The number of quaternary nitrogens is 1. The summed E-state index contributed by atoms with van der Waals surface area (Å²) in [5.41, 5.74) is 2.10. The van der Waals surface area contributed by atoms with E-state index in [1.807, 2.05) is 13.0 Å². The summed E-state index contributed by atoms with van der Waals surface area (Å²) in [6.07, 6.45) is 8.05. The molecule has 142 valence electrons. The Morgan fingerprint density at radius 1 is 1.23 bits per heavy atom. The van der Waals surface area contributed by atoms with E-state index in [0.29, 0.717) is 5.41 Å². The van der Waals surface area contributed by atoms with Crippen LogP contribution >= 0.6 is 0 Å². The number of ether oxygens (including phenoxy) is 1. The van der Waals surface area contributed by atoms with E-state index in [-0.39, 0.29) is 35.1 Å². The van der Waals surface area contributed by atoms with E-state index in [1.165, 1.54) is 12.8 Å². The molecule has 0 aromatic carbocycles. The first-order valence-corrected chi connectivity index (χ1v) is 10.2. The molecule has 26 heavy (non-hydrogen) atoms. The van der Waals surface area contributed by atoms with Crippen molar-refractivity contribution in [1.29, 1.82) is 0 Å². The Hall–Kier alpha value is -1.42. The Bertz CT molecular complexity index is 704. The van der Waals surface area contributed by atoms with E-state index in [9.17, 15) is 9.59 Å². The van der Waals surface area contributed by atoms with E-state index in [4.69, 9.17) is 4.74 Å². The summed E-state index contributed by atoms with van der Waals surface area (Å²) >= 11 is 0. The van der Waals surface area contributed by atoms with Crippen molar-refractivity contribution in [2.45, 2.75) is 59.5 Å². The van der Waals surface area contributed by atoms with Crippen LogP contribution in [0.15, 0.2) is 23.3 Å². The van der Waals surface area contributed by atoms with Gasteiger partial charge in [0.2, 0.25) is 0 Å². The number of hydrogen-bond donors (Lipinski definition) is 1. The maximum absolute atomic E-state index is 12.8. The van der Waals surface area contributed by atoms with Crippen LogP contribution < -0.4 is 4.90 Å². The number of hydrogen-bond acceptors (Lipinski definition) is 3. The number of ketones is 1. The van der Waals surface area contributed by atoms with Crippen LogP contribution in [0, 0.1) is 22.7 Å². The van der Waals surface area contributed by atoms with Crippen LogP contribution in [-0.4, -0.2) is 37.5 Å². The third-order valence-corrected chi connectivity index (χ3v) is 7.35. The average Bonchev–Trinajstić information content (AvgIpc) is 2.86. The fraction of sp³-hybridized carbons (Fsp3) is 0.727. The summed E-state index contributed by atoms with van der Waals surface area (Å²) in [5.74, 6) is 0.246. The van der Waals surface area contributed by atoms with Crippen molar-refractivity contribution in [2.75, 3.05) is 19.6 Å². The summed E-state index contributed by atoms with van der Waals surface area (Å²) in [6, 6.07) is 0. The molecule has 3 fully saturated rings. The quantitative estimate of drug-likeness (QED) is 0.769. The number of allylic oxidation sites excluding steroid dienone is 3. The molecule has 4 nitrogen and oxygen atoms in total. The predicted molar refractivity (Wildman–Crippen MR) is 99.6 cm³/mol. The first kappa shape index (κ1) is 18.0. The zero-order chi connectivity index (χ0) is 18.7. The molecule has 0 amide bonds. The van der Waals surface area contributed by atoms with Crippen molar-refractivity contribution in [1.82, 2.24) is 0 Å². The number of nitrogens with one attached hydrogen (secondary N) is 1. The number of fused-ring (bicyclic) bond motifs is 3. The van der Waals surface area contributed by atoms with Crippen LogP contribution in [0.3, 0.4) is 0 Å². The summed E-state index contributed by atoms with van der Waals surface area (Å²) in [7, 11) is 0. The largest absolute Gasteiger partial charge is 0.457 e. The van der Waals surface area contributed by atoms with Gasteiger partial charge >= 0.3 is 5.97 Å². The number of likely N-dealkylation sites (tertiary alicyclic amines) is 1. The van der Waals surface area contributed by atoms with Crippen molar-refractivity contribution in [3.05, 3.63) is 23.3 Å². The van der Waals surface area contributed by atoms with Crippen LogP contribution in [0.4, 0.5) is 0 Å². The van der Waals surface area contributed by atoms with Crippen molar-refractivity contribution in [3.8, 4) is 0 Å². The van der Waals surface area contributed by atoms with E-state index in [0.717, 1.165) is 43.6 Å². The summed E-state index contributed by atoms with van der Waals surface area (Å²) < 4.78 is 5.93. The van der Waals surface area contributed by atoms with Crippen molar-refractivity contribution in [2.24, 2.45) is 22.7 Å². The molecule has 2 saturated heterocycles. The van der Waals surface area contributed by atoms with Crippen LogP contribution in [0.2, 0.25) is 0 Å². The van der Waals surface area contributed by atoms with Crippen molar-refractivity contribution in [3.63, 3.8) is 0 Å². The minimum Gasteiger partial charge on any atom is -0.457 e. The lowest BCUT2D eigenvalue weighted by molar-refractivity contribution is -0.914. The highest BCUT2D eigenvalue weighted by Crippen LogP contribution is 2.52. The van der Waals surface area contributed by atoms with Gasteiger partial charge in [0.15, 0.2) is 5.78 Å². The van der Waals surface area contributed by atoms with Gasteiger partial charge < -0.3 is 9.64 Å². The molecule has 2 aliphatic heterocycles. The van der Waals surface area contributed by atoms with Crippen LogP contribution in [0.1, 0.15) is 53.4 Å². The third kappa shape index (κ3) is 2.87. The van der Waals surface area contributed by atoms with E-state index in [1.54, 1.807) is 11.0 Å². The summed E-state index contributed by atoms with van der Waals surface area (Å²) in [5, 5.41) is 0. The lowest BCUT2D eigenvalue weighted by atomic mass is 9.61. The second-order valence-corrected chi connectivity index (χ2v) is 9.97. The monoisotopic (exact) mass is 358 g/mol. The average molecular weight is 359 g/mol. The normalized spacial score (nSPS) is 41.7. The maximum Gasteiger partial charge on any atom is 0.315 e. The Kier molecular flexibility index (Phi) is 4.18. The molecule has 1 N–H and O–H groups in total. The zero-order valence-electron chi connectivity index (χ0n) is 16.6. The first-order valence-electron chi connectivity index (χ1n) is 10.2. The minimum absolute atomic E-state index is 0.0187. The lowest BCUT2D eigenvalue weighted by Gasteiger charge is -2.43. The minimum atomic E-state index is -0.197. The van der Waals surface area contributed by atoms with Gasteiger partial charge in [-0.2, -0.15) is 0 Å². The van der Waals surface area contributed by atoms with E-state index >= 15 is 0 Å². The van der Waals surface area contributed by atoms with Crippen molar-refractivity contribution < 1.29 is 19.2 Å². The van der Waals surface area contributed by atoms with Gasteiger partial charge in [0, 0.05) is 22.3 Å². The van der Waals surface area contributed by atoms with Crippen molar-refractivity contribution >= 4 is 11.8 Å². The van der Waals surface area contributed by atoms with E-state index in [2.05, 4.69) is 20.8 Å². The van der Waals surface area contributed by atoms with Crippen LogP contribution in [0.25, 0.3) is 0 Å². The highest BCUT2D eigenvalue weighted by atomic mass is 16.6. The Labute approximate surface area is 156 Å². The first-order chi connectivity index (χ1) is 12.2. The lowest BCUT2D eigenvalue weighted by Crippen LogP contribution is -3.15. The van der Waals surface area contributed by atoms with Crippen LogP contribution in [-0.2, 0) is 14.3 Å². The molecule has 0 aromatic heterocycles. The molecule has 0 radical (unpaired) electrons. The fourth-order valence-electron chi connectivity index (χ4n) is 5.96. The molecule has 1 saturated carbocycles. The molecule has 2 aliphatic carbocycles.